The minimum absolute atomic E-state index is 0.0935. The zero-order valence-electron chi connectivity index (χ0n) is 14.3. The van der Waals surface area contributed by atoms with E-state index < -0.39 is 0 Å². The highest BCUT2D eigenvalue weighted by Gasteiger charge is 2.18. The number of hydrogen-bond donors (Lipinski definition) is 0. The Kier molecular flexibility index (Phi) is 7.29. The summed E-state index contributed by atoms with van der Waals surface area (Å²) < 4.78 is 11.2. The molecule has 0 aromatic carbocycles. The van der Waals surface area contributed by atoms with E-state index in [0.717, 1.165) is 45.6 Å². The van der Waals surface area contributed by atoms with E-state index in [9.17, 15) is 0 Å². The molecule has 1 atom stereocenters. The molecule has 0 spiro atoms. The summed E-state index contributed by atoms with van der Waals surface area (Å²) in [6.45, 7) is 9.20. The summed E-state index contributed by atoms with van der Waals surface area (Å²) in [7, 11) is 3.78. The standard InChI is InChI=1S/C17H28N4O2/c1-4-5-7-15(13-21-9-6-8-20(2)10-11-21)23-17-12-16(22-3)18-14-19-17/h4,12,14-15H,1,5-11,13H2,2-3H3. The van der Waals surface area contributed by atoms with Crippen molar-refractivity contribution in [2.24, 2.45) is 0 Å². The zero-order chi connectivity index (χ0) is 16.5. The third-order valence-electron chi connectivity index (χ3n) is 4.08. The van der Waals surface area contributed by atoms with E-state index in [-0.39, 0.29) is 6.10 Å². The number of hydrogen-bond acceptors (Lipinski definition) is 6. The molecule has 0 bridgehead atoms. The van der Waals surface area contributed by atoms with Crippen LogP contribution < -0.4 is 9.47 Å². The average Bonchev–Trinajstić information content (AvgIpc) is 2.77. The topological polar surface area (TPSA) is 50.7 Å². The molecule has 1 aliphatic rings. The first-order valence-corrected chi connectivity index (χ1v) is 8.25. The maximum atomic E-state index is 6.10. The highest BCUT2D eigenvalue weighted by atomic mass is 16.5. The Balaban J connectivity index is 1.96. The van der Waals surface area contributed by atoms with E-state index in [4.69, 9.17) is 9.47 Å². The largest absolute Gasteiger partial charge is 0.481 e. The molecule has 0 saturated carbocycles. The van der Waals surface area contributed by atoms with Crippen molar-refractivity contribution < 1.29 is 9.47 Å². The number of rotatable bonds is 8. The summed E-state index contributed by atoms with van der Waals surface area (Å²) in [6, 6.07) is 1.73. The van der Waals surface area contributed by atoms with Crippen LogP contribution in [0.25, 0.3) is 0 Å². The Morgan fingerprint density at radius 3 is 2.87 bits per heavy atom. The lowest BCUT2D eigenvalue weighted by Crippen LogP contribution is -2.38. The fourth-order valence-electron chi connectivity index (χ4n) is 2.73. The molecule has 0 amide bonds. The highest BCUT2D eigenvalue weighted by molar-refractivity contribution is 5.18. The van der Waals surface area contributed by atoms with E-state index >= 15 is 0 Å². The highest BCUT2D eigenvalue weighted by Crippen LogP contribution is 2.17. The summed E-state index contributed by atoms with van der Waals surface area (Å²) in [6.07, 6.45) is 6.57. The van der Waals surface area contributed by atoms with E-state index in [1.165, 1.54) is 12.7 Å². The molecule has 2 heterocycles. The van der Waals surface area contributed by atoms with E-state index in [1.54, 1.807) is 13.2 Å². The molecular formula is C17H28N4O2. The molecular weight excluding hydrogens is 292 g/mol. The Labute approximate surface area is 139 Å². The van der Waals surface area contributed by atoms with Gasteiger partial charge in [-0.2, -0.15) is 0 Å². The summed E-state index contributed by atoms with van der Waals surface area (Å²) in [5.74, 6) is 1.09. The van der Waals surface area contributed by atoms with Crippen LogP contribution in [0.4, 0.5) is 0 Å². The first-order valence-electron chi connectivity index (χ1n) is 8.25. The van der Waals surface area contributed by atoms with Crippen LogP contribution in [-0.4, -0.2) is 72.8 Å². The predicted molar refractivity (Wildman–Crippen MR) is 91.0 cm³/mol. The Hall–Kier alpha value is -1.66. The third-order valence-corrected chi connectivity index (χ3v) is 4.08. The Bertz CT molecular complexity index is 483. The van der Waals surface area contributed by atoms with Crippen molar-refractivity contribution in [3.8, 4) is 11.8 Å². The van der Waals surface area contributed by atoms with Crippen LogP contribution in [0, 0.1) is 0 Å². The molecule has 0 N–H and O–H groups in total. The molecule has 128 valence electrons. The predicted octanol–water partition coefficient (Wildman–Crippen LogP) is 1.84. The number of ether oxygens (including phenoxy) is 2. The lowest BCUT2D eigenvalue weighted by Gasteiger charge is -2.26. The summed E-state index contributed by atoms with van der Waals surface area (Å²) in [4.78, 5) is 13.1. The second-order valence-electron chi connectivity index (χ2n) is 5.96. The van der Waals surface area contributed by atoms with Crippen molar-refractivity contribution >= 4 is 0 Å². The number of nitrogens with zero attached hydrogens (tertiary/aromatic N) is 4. The minimum Gasteiger partial charge on any atom is -0.481 e. The van der Waals surface area contributed by atoms with Crippen LogP contribution in [0.15, 0.2) is 25.0 Å². The average molecular weight is 320 g/mol. The maximum Gasteiger partial charge on any atom is 0.220 e. The SMILES string of the molecule is C=CCCC(CN1CCCN(C)CC1)Oc1cc(OC)ncn1. The molecule has 1 aliphatic heterocycles. The quantitative estimate of drug-likeness (QED) is 0.681. The second kappa shape index (κ2) is 9.47. The maximum absolute atomic E-state index is 6.10. The molecule has 6 heteroatoms. The summed E-state index contributed by atoms with van der Waals surface area (Å²) in [5.41, 5.74) is 0. The van der Waals surface area contributed by atoms with Crippen molar-refractivity contribution in [3.05, 3.63) is 25.0 Å². The number of likely N-dealkylation sites (N-methyl/N-ethyl adjacent to an activating group) is 1. The van der Waals surface area contributed by atoms with Crippen molar-refractivity contribution in [2.45, 2.75) is 25.4 Å². The first kappa shape index (κ1) is 17.7. The van der Waals surface area contributed by atoms with Crippen LogP contribution in [0.3, 0.4) is 0 Å². The van der Waals surface area contributed by atoms with Gasteiger partial charge in [0.2, 0.25) is 11.8 Å². The van der Waals surface area contributed by atoms with Crippen LogP contribution >= 0.6 is 0 Å². The van der Waals surface area contributed by atoms with Gasteiger partial charge in [0.1, 0.15) is 12.4 Å². The smallest absolute Gasteiger partial charge is 0.220 e. The number of allylic oxidation sites excluding steroid dienone is 1. The van der Waals surface area contributed by atoms with Crippen molar-refractivity contribution in [1.82, 2.24) is 19.8 Å². The molecule has 1 unspecified atom stereocenters. The van der Waals surface area contributed by atoms with Gasteiger partial charge in [0.25, 0.3) is 0 Å². The Morgan fingerprint density at radius 2 is 2.09 bits per heavy atom. The van der Waals surface area contributed by atoms with Crippen LogP contribution in [0.5, 0.6) is 11.8 Å². The second-order valence-corrected chi connectivity index (χ2v) is 5.96. The van der Waals surface area contributed by atoms with Crippen molar-refractivity contribution in [2.75, 3.05) is 46.9 Å². The molecule has 1 fully saturated rings. The summed E-state index contributed by atoms with van der Waals surface area (Å²) in [5, 5.41) is 0. The van der Waals surface area contributed by atoms with Gasteiger partial charge >= 0.3 is 0 Å². The number of methoxy groups -OCH3 is 1. The van der Waals surface area contributed by atoms with Crippen LogP contribution in [0.2, 0.25) is 0 Å². The van der Waals surface area contributed by atoms with Gasteiger partial charge in [-0.05, 0) is 39.4 Å². The van der Waals surface area contributed by atoms with Gasteiger partial charge in [-0.1, -0.05) is 6.08 Å². The lowest BCUT2D eigenvalue weighted by atomic mass is 10.2. The molecule has 1 aromatic heterocycles. The van der Waals surface area contributed by atoms with E-state index in [0.29, 0.717) is 11.8 Å². The van der Waals surface area contributed by atoms with Gasteiger partial charge in [0.15, 0.2) is 0 Å². The van der Waals surface area contributed by atoms with Crippen molar-refractivity contribution in [1.29, 1.82) is 0 Å². The normalized spacial score (nSPS) is 18.2. The fraction of sp³-hybridized carbons (Fsp3) is 0.647. The first-order chi connectivity index (χ1) is 11.2. The fourth-order valence-corrected chi connectivity index (χ4v) is 2.73. The molecule has 23 heavy (non-hydrogen) atoms. The molecule has 0 radical (unpaired) electrons. The van der Waals surface area contributed by atoms with Gasteiger partial charge in [-0.25, -0.2) is 9.97 Å². The molecule has 2 rings (SSSR count). The van der Waals surface area contributed by atoms with Gasteiger partial charge in [-0.3, -0.25) is 4.90 Å². The van der Waals surface area contributed by atoms with Crippen LogP contribution in [-0.2, 0) is 0 Å². The van der Waals surface area contributed by atoms with E-state index in [1.807, 2.05) is 6.08 Å². The zero-order valence-corrected chi connectivity index (χ0v) is 14.3. The molecule has 1 saturated heterocycles. The van der Waals surface area contributed by atoms with Crippen LogP contribution in [0.1, 0.15) is 19.3 Å². The van der Waals surface area contributed by atoms with Gasteiger partial charge in [0, 0.05) is 19.6 Å². The summed E-state index contributed by atoms with van der Waals surface area (Å²) >= 11 is 0. The number of aromatic nitrogens is 2. The van der Waals surface area contributed by atoms with E-state index in [2.05, 4.69) is 33.4 Å². The van der Waals surface area contributed by atoms with Crippen molar-refractivity contribution in [3.63, 3.8) is 0 Å². The monoisotopic (exact) mass is 320 g/mol. The van der Waals surface area contributed by atoms with Gasteiger partial charge in [-0.15, -0.1) is 6.58 Å². The Morgan fingerprint density at radius 1 is 1.26 bits per heavy atom. The molecule has 0 aliphatic carbocycles. The third kappa shape index (κ3) is 6.15. The molecule has 1 aromatic rings. The van der Waals surface area contributed by atoms with Gasteiger partial charge < -0.3 is 14.4 Å². The van der Waals surface area contributed by atoms with Gasteiger partial charge in [0.05, 0.1) is 13.2 Å². The minimum atomic E-state index is 0.0935. The molecule has 6 nitrogen and oxygen atoms in total. The lowest BCUT2D eigenvalue weighted by molar-refractivity contribution is 0.123.